The van der Waals surface area contributed by atoms with Gasteiger partial charge < -0.3 is 10.1 Å². The fourth-order valence-corrected chi connectivity index (χ4v) is 2.86. The number of methoxy groups -OCH3 is 1. The van der Waals surface area contributed by atoms with Crippen LogP contribution in [0.4, 0.5) is 14.5 Å². The zero-order chi connectivity index (χ0) is 15.4. The number of ether oxygens (including phenoxy) is 1. The molecule has 1 N–H and O–H groups in total. The molecule has 1 saturated carbocycles. The van der Waals surface area contributed by atoms with Gasteiger partial charge in [0.1, 0.15) is 0 Å². The van der Waals surface area contributed by atoms with Gasteiger partial charge in [-0.2, -0.15) is 0 Å². The highest BCUT2D eigenvalue weighted by Gasteiger charge is 2.23. The Kier molecular flexibility index (Phi) is 5.15. The van der Waals surface area contributed by atoms with Crippen LogP contribution in [0.15, 0.2) is 12.1 Å². The largest absolute Gasteiger partial charge is 0.465 e. The fraction of sp³-hybridized carbons (Fsp3) is 0.562. The Labute approximate surface area is 123 Å². The van der Waals surface area contributed by atoms with Gasteiger partial charge in [0, 0.05) is 6.04 Å². The number of halogens is 2. The molecule has 0 spiro atoms. The van der Waals surface area contributed by atoms with Crippen LogP contribution in [-0.2, 0) is 4.74 Å². The van der Waals surface area contributed by atoms with Crippen LogP contribution >= 0.6 is 0 Å². The molecule has 1 fully saturated rings. The number of carbonyl (C=O) groups excluding carboxylic acids is 1. The Morgan fingerprint density at radius 2 is 1.90 bits per heavy atom. The number of rotatable bonds is 4. The maximum absolute atomic E-state index is 14.0. The molecular weight excluding hydrogens is 276 g/mol. The molecule has 5 heteroatoms. The van der Waals surface area contributed by atoms with Crippen LogP contribution in [0.1, 0.15) is 49.4 Å². The molecule has 3 nitrogen and oxygen atoms in total. The zero-order valence-corrected chi connectivity index (χ0v) is 12.4. The van der Waals surface area contributed by atoms with E-state index in [1.165, 1.54) is 18.6 Å². The molecule has 0 aliphatic heterocycles. The molecule has 1 aromatic carbocycles. The van der Waals surface area contributed by atoms with Crippen molar-refractivity contribution in [2.24, 2.45) is 5.92 Å². The summed E-state index contributed by atoms with van der Waals surface area (Å²) in [5, 5.41) is 3.05. The standard InChI is InChI=1S/C16H21F2NO2/c1-3-10-4-6-11(7-5-10)19-13-9-8-12(16(20)21-2)14(17)15(13)18/h8-11,19H,3-7H2,1-2H3. The summed E-state index contributed by atoms with van der Waals surface area (Å²) in [6.45, 7) is 2.18. The second-order valence-corrected chi connectivity index (χ2v) is 5.55. The van der Waals surface area contributed by atoms with Crippen molar-refractivity contribution in [1.29, 1.82) is 0 Å². The summed E-state index contributed by atoms with van der Waals surface area (Å²) < 4.78 is 32.3. The number of hydrogen-bond donors (Lipinski definition) is 1. The fourth-order valence-electron chi connectivity index (χ4n) is 2.86. The summed E-state index contributed by atoms with van der Waals surface area (Å²) in [5.41, 5.74) is -0.268. The van der Waals surface area contributed by atoms with Gasteiger partial charge in [-0.15, -0.1) is 0 Å². The van der Waals surface area contributed by atoms with E-state index in [0.717, 1.165) is 38.7 Å². The molecule has 116 valence electrons. The first-order valence-corrected chi connectivity index (χ1v) is 7.39. The molecule has 0 atom stereocenters. The van der Waals surface area contributed by atoms with Crippen LogP contribution < -0.4 is 5.32 Å². The topological polar surface area (TPSA) is 38.3 Å². The molecule has 1 aliphatic carbocycles. The first-order chi connectivity index (χ1) is 10.1. The van der Waals surface area contributed by atoms with Crippen molar-refractivity contribution < 1.29 is 18.3 Å². The van der Waals surface area contributed by atoms with E-state index in [4.69, 9.17) is 0 Å². The number of nitrogens with one attached hydrogen (secondary N) is 1. The summed E-state index contributed by atoms with van der Waals surface area (Å²) in [4.78, 5) is 11.3. The molecule has 21 heavy (non-hydrogen) atoms. The van der Waals surface area contributed by atoms with Gasteiger partial charge >= 0.3 is 5.97 Å². The molecule has 0 unspecified atom stereocenters. The lowest BCUT2D eigenvalue weighted by atomic mass is 9.84. The van der Waals surface area contributed by atoms with Crippen LogP contribution in [0.25, 0.3) is 0 Å². The predicted octanol–water partition coefficient (Wildman–Crippen LogP) is 4.13. The average molecular weight is 297 g/mol. The monoisotopic (exact) mass is 297 g/mol. The van der Waals surface area contributed by atoms with Crippen molar-refractivity contribution in [3.05, 3.63) is 29.3 Å². The minimum atomic E-state index is -1.16. The molecule has 0 bridgehead atoms. The lowest BCUT2D eigenvalue weighted by Gasteiger charge is -2.29. The predicted molar refractivity (Wildman–Crippen MR) is 77.4 cm³/mol. The van der Waals surface area contributed by atoms with Gasteiger partial charge in [0.2, 0.25) is 0 Å². The number of esters is 1. The molecule has 2 rings (SSSR count). The van der Waals surface area contributed by atoms with Gasteiger partial charge in [-0.3, -0.25) is 0 Å². The lowest BCUT2D eigenvalue weighted by Crippen LogP contribution is -2.26. The highest BCUT2D eigenvalue weighted by molar-refractivity contribution is 5.90. The van der Waals surface area contributed by atoms with Crippen LogP contribution in [0.3, 0.4) is 0 Å². The third kappa shape index (κ3) is 3.52. The maximum atomic E-state index is 14.0. The Morgan fingerprint density at radius 1 is 1.24 bits per heavy atom. The Bertz CT molecular complexity index is 511. The molecule has 0 aromatic heterocycles. The molecular formula is C16H21F2NO2. The quantitative estimate of drug-likeness (QED) is 0.849. The normalized spacial score (nSPS) is 21.9. The Morgan fingerprint density at radius 3 is 2.48 bits per heavy atom. The smallest absolute Gasteiger partial charge is 0.340 e. The van der Waals surface area contributed by atoms with Gasteiger partial charge in [0.05, 0.1) is 18.4 Å². The Hall–Kier alpha value is -1.65. The molecule has 0 amide bonds. The van der Waals surface area contributed by atoms with E-state index in [2.05, 4.69) is 17.0 Å². The van der Waals surface area contributed by atoms with Crippen LogP contribution in [0, 0.1) is 17.6 Å². The van der Waals surface area contributed by atoms with Crippen molar-refractivity contribution in [3.63, 3.8) is 0 Å². The number of benzene rings is 1. The van der Waals surface area contributed by atoms with E-state index in [9.17, 15) is 13.6 Å². The Balaban J connectivity index is 2.08. The highest BCUT2D eigenvalue weighted by Crippen LogP contribution is 2.30. The first-order valence-electron chi connectivity index (χ1n) is 7.39. The van der Waals surface area contributed by atoms with Gasteiger partial charge in [-0.05, 0) is 43.7 Å². The SMILES string of the molecule is CCC1CCC(Nc2ccc(C(=O)OC)c(F)c2F)CC1. The van der Waals surface area contributed by atoms with Crippen LogP contribution in [0.5, 0.6) is 0 Å². The van der Waals surface area contributed by atoms with Crippen molar-refractivity contribution in [2.45, 2.75) is 45.1 Å². The van der Waals surface area contributed by atoms with E-state index in [1.54, 1.807) is 0 Å². The average Bonchev–Trinajstić information content (AvgIpc) is 2.52. The van der Waals surface area contributed by atoms with Crippen LogP contribution in [-0.4, -0.2) is 19.1 Å². The van der Waals surface area contributed by atoms with E-state index < -0.39 is 17.6 Å². The summed E-state index contributed by atoms with van der Waals surface area (Å²) >= 11 is 0. The van der Waals surface area contributed by atoms with E-state index in [-0.39, 0.29) is 17.3 Å². The van der Waals surface area contributed by atoms with Crippen molar-refractivity contribution in [3.8, 4) is 0 Å². The molecule has 0 saturated heterocycles. The van der Waals surface area contributed by atoms with Crippen molar-refractivity contribution in [1.82, 2.24) is 0 Å². The van der Waals surface area contributed by atoms with Gasteiger partial charge in [-0.1, -0.05) is 13.3 Å². The highest BCUT2D eigenvalue weighted by atomic mass is 19.2. The minimum Gasteiger partial charge on any atom is -0.465 e. The molecule has 0 heterocycles. The van der Waals surface area contributed by atoms with Crippen molar-refractivity contribution in [2.75, 3.05) is 12.4 Å². The number of carbonyl (C=O) groups is 1. The minimum absolute atomic E-state index is 0.111. The summed E-state index contributed by atoms with van der Waals surface area (Å²) in [5.74, 6) is -2.31. The maximum Gasteiger partial charge on any atom is 0.340 e. The summed E-state index contributed by atoms with van der Waals surface area (Å²) in [7, 11) is 1.14. The summed E-state index contributed by atoms with van der Waals surface area (Å²) in [6, 6.07) is 2.81. The molecule has 0 radical (unpaired) electrons. The third-order valence-corrected chi connectivity index (χ3v) is 4.27. The third-order valence-electron chi connectivity index (χ3n) is 4.27. The number of hydrogen-bond acceptors (Lipinski definition) is 3. The van der Waals surface area contributed by atoms with E-state index >= 15 is 0 Å². The van der Waals surface area contributed by atoms with Crippen molar-refractivity contribution >= 4 is 11.7 Å². The summed E-state index contributed by atoms with van der Waals surface area (Å²) in [6.07, 6.45) is 5.30. The van der Waals surface area contributed by atoms with E-state index in [0.29, 0.717) is 0 Å². The first kappa shape index (κ1) is 15.7. The molecule has 1 aromatic rings. The van der Waals surface area contributed by atoms with Gasteiger partial charge in [0.25, 0.3) is 0 Å². The second kappa shape index (κ2) is 6.87. The second-order valence-electron chi connectivity index (χ2n) is 5.55. The van der Waals surface area contributed by atoms with E-state index in [1.807, 2.05) is 0 Å². The zero-order valence-electron chi connectivity index (χ0n) is 12.4. The molecule has 1 aliphatic rings. The van der Waals surface area contributed by atoms with Gasteiger partial charge in [-0.25, -0.2) is 13.6 Å². The van der Waals surface area contributed by atoms with Gasteiger partial charge in [0.15, 0.2) is 11.6 Å². The number of anilines is 1. The van der Waals surface area contributed by atoms with Crippen LogP contribution in [0.2, 0.25) is 0 Å². The lowest BCUT2D eigenvalue weighted by molar-refractivity contribution is 0.0594.